The third kappa shape index (κ3) is 2.61. The Morgan fingerprint density at radius 2 is 2.23 bits per heavy atom. The molecule has 118 valence electrons. The molecule has 3 rings (SSSR count). The summed E-state index contributed by atoms with van der Waals surface area (Å²) in [6.07, 6.45) is 2.77. The van der Waals surface area contributed by atoms with Crippen LogP contribution in [0.2, 0.25) is 0 Å². The topological polar surface area (TPSA) is 111 Å². The van der Waals surface area contributed by atoms with Crippen molar-refractivity contribution in [2.24, 2.45) is 5.73 Å². The number of carbonyl (C=O) groups excluding carboxylic acids is 1. The number of primary amides is 1. The molecule has 0 spiro atoms. The number of likely N-dealkylation sites (tertiary alicyclic amines) is 1. The minimum absolute atomic E-state index is 0.000365. The summed E-state index contributed by atoms with van der Waals surface area (Å²) < 4.78 is 10.5. The fourth-order valence-corrected chi connectivity index (χ4v) is 2.89. The molecule has 2 N–H and O–H groups in total. The lowest BCUT2D eigenvalue weighted by atomic mass is 10.1. The second-order valence-electron chi connectivity index (χ2n) is 5.47. The normalized spacial score (nSPS) is 18.9. The van der Waals surface area contributed by atoms with Crippen LogP contribution in [0.4, 0.5) is 0 Å². The molecular formula is C14H19N5O3. The van der Waals surface area contributed by atoms with E-state index in [-0.39, 0.29) is 11.9 Å². The lowest BCUT2D eigenvalue weighted by molar-refractivity contribution is 0.0987. The second kappa shape index (κ2) is 5.88. The smallest absolute Gasteiger partial charge is 0.290 e. The average molecular weight is 305 g/mol. The molecular weight excluding hydrogens is 286 g/mol. The molecule has 8 heteroatoms. The number of hydrogen-bond donors (Lipinski definition) is 1. The SMILES string of the molecule is CCc1noc(C)c1CN1CCC[C@@H]1c1nc(C(N)=O)no1. The quantitative estimate of drug-likeness (QED) is 0.887. The Morgan fingerprint density at radius 1 is 1.41 bits per heavy atom. The molecule has 0 bridgehead atoms. The van der Waals surface area contributed by atoms with Gasteiger partial charge in [-0.3, -0.25) is 9.69 Å². The van der Waals surface area contributed by atoms with Gasteiger partial charge in [0, 0.05) is 12.1 Å². The fraction of sp³-hybridized carbons (Fsp3) is 0.571. The monoisotopic (exact) mass is 305 g/mol. The highest BCUT2D eigenvalue weighted by atomic mass is 16.5. The van der Waals surface area contributed by atoms with Gasteiger partial charge < -0.3 is 14.8 Å². The zero-order chi connectivity index (χ0) is 15.7. The molecule has 1 atom stereocenters. The van der Waals surface area contributed by atoms with Crippen molar-refractivity contribution in [2.75, 3.05) is 6.54 Å². The highest BCUT2D eigenvalue weighted by molar-refractivity contribution is 5.88. The van der Waals surface area contributed by atoms with Gasteiger partial charge in [0.15, 0.2) is 0 Å². The van der Waals surface area contributed by atoms with Gasteiger partial charge in [-0.25, -0.2) is 0 Å². The number of carbonyl (C=O) groups is 1. The van der Waals surface area contributed by atoms with E-state index < -0.39 is 5.91 Å². The minimum atomic E-state index is -0.678. The Kier molecular flexibility index (Phi) is 3.93. The molecule has 2 aromatic rings. The predicted octanol–water partition coefficient (Wildman–Crippen LogP) is 1.36. The molecule has 1 amide bonds. The number of hydrogen-bond acceptors (Lipinski definition) is 7. The molecule has 0 radical (unpaired) electrons. The Morgan fingerprint density at radius 3 is 2.91 bits per heavy atom. The van der Waals surface area contributed by atoms with Gasteiger partial charge in [-0.2, -0.15) is 4.98 Å². The van der Waals surface area contributed by atoms with Crippen molar-refractivity contribution < 1.29 is 13.8 Å². The largest absolute Gasteiger partial charge is 0.363 e. The van der Waals surface area contributed by atoms with Crippen LogP contribution in [0, 0.1) is 6.92 Å². The van der Waals surface area contributed by atoms with Crippen LogP contribution < -0.4 is 5.73 Å². The first-order valence-electron chi connectivity index (χ1n) is 7.41. The Balaban J connectivity index is 1.80. The number of nitrogens with zero attached hydrogens (tertiary/aromatic N) is 4. The highest BCUT2D eigenvalue weighted by Gasteiger charge is 2.32. The third-order valence-corrected chi connectivity index (χ3v) is 4.07. The van der Waals surface area contributed by atoms with Crippen LogP contribution in [-0.4, -0.2) is 32.6 Å². The van der Waals surface area contributed by atoms with E-state index >= 15 is 0 Å². The summed E-state index contributed by atoms with van der Waals surface area (Å²) in [4.78, 5) is 17.4. The lowest BCUT2D eigenvalue weighted by Crippen LogP contribution is -2.24. The molecule has 1 saturated heterocycles. The summed E-state index contributed by atoms with van der Waals surface area (Å²) in [5, 5.41) is 7.71. The van der Waals surface area contributed by atoms with Crippen molar-refractivity contribution in [3.05, 3.63) is 28.7 Å². The van der Waals surface area contributed by atoms with Crippen LogP contribution in [0.5, 0.6) is 0 Å². The summed E-state index contributed by atoms with van der Waals surface area (Å²) in [7, 11) is 0. The van der Waals surface area contributed by atoms with Gasteiger partial charge in [0.1, 0.15) is 5.76 Å². The van der Waals surface area contributed by atoms with E-state index in [9.17, 15) is 4.79 Å². The number of nitrogens with two attached hydrogens (primary N) is 1. The van der Waals surface area contributed by atoms with E-state index in [1.165, 1.54) is 0 Å². The third-order valence-electron chi connectivity index (χ3n) is 4.07. The van der Waals surface area contributed by atoms with Crippen molar-refractivity contribution in [1.29, 1.82) is 0 Å². The summed E-state index contributed by atoms with van der Waals surface area (Å²) in [6.45, 7) is 5.62. The van der Waals surface area contributed by atoms with Crippen LogP contribution in [0.1, 0.15) is 59.3 Å². The van der Waals surface area contributed by atoms with Crippen molar-refractivity contribution in [3.63, 3.8) is 0 Å². The maximum absolute atomic E-state index is 11.1. The predicted molar refractivity (Wildman–Crippen MR) is 75.8 cm³/mol. The lowest BCUT2D eigenvalue weighted by Gasteiger charge is -2.21. The zero-order valence-corrected chi connectivity index (χ0v) is 12.7. The van der Waals surface area contributed by atoms with Gasteiger partial charge in [0.05, 0.1) is 11.7 Å². The molecule has 0 unspecified atom stereocenters. The molecule has 1 aliphatic heterocycles. The molecule has 22 heavy (non-hydrogen) atoms. The van der Waals surface area contributed by atoms with Gasteiger partial charge in [-0.15, -0.1) is 0 Å². The molecule has 0 aromatic carbocycles. The molecule has 0 aliphatic carbocycles. The maximum Gasteiger partial charge on any atom is 0.290 e. The van der Waals surface area contributed by atoms with Crippen molar-refractivity contribution in [1.82, 2.24) is 20.2 Å². The number of rotatable bonds is 5. The van der Waals surface area contributed by atoms with Gasteiger partial charge >= 0.3 is 0 Å². The number of amides is 1. The van der Waals surface area contributed by atoms with E-state index in [1.807, 2.05) is 6.92 Å². The van der Waals surface area contributed by atoms with Gasteiger partial charge in [-0.05, 0) is 32.7 Å². The first kappa shape index (κ1) is 14.7. The summed E-state index contributed by atoms with van der Waals surface area (Å²) in [5.74, 6) is 0.532. The van der Waals surface area contributed by atoms with E-state index in [1.54, 1.807) is 0 Å². The van der Waals surface area contributed by atoms with Crippen LogP contribution in [0.25, 0.3) is 0 Å². The van der Waals surface area contributed by atoms with E-state index in [0.29, 0.717) is 5.89 Å². The van der Waals surface area contributed by atoms with Crippen LogP contribution in [0.15, 0.2) is 9.05 Å². The summed E-state index contributed by atoms with van der Waals surface area (Å²) in [5.41, 5.74) is 7.26. The van der Waals surface area contributed by atoms with E-state index in [0.717, 1.165) is 49.4 Å². The van der Waals surface area contributed by atoms with Crippen molar-refractivity contribution in [2.45, 2.75) is 45.7 Å². The number of aryl methyl sites for hydroxylation is 2. The fourth-order valence-electron chi connectivity index (χ4n) is 2.89. The molecule has 0 saturated carbocycles. The Hall–Kier alpha value is -2.22. The number of aromatic nitrogens is 3. The first-order chi connectivity index (χ1) is 10.6. The Bertz CT molecular complexity index is 678. The zero-order valence-electron chi connectivity index (χ0n) is 12.7. The maximum atomic E-state index is 11.1. The Labute approximate surface area is 127 Å². The first-order valence-corrected chi connectivity index (χ1v) is 7.41. The average Bonchev–Trinajstić information content (AvgIpc) is 3.20. The second-order valence-corrected chi connectivity index (χ2v) is 5.47. The standard InChI is InChI=1S/C14H19N5O3/c1-3-10-9(8(2)21-17-10)7-19-6-4-5-11(19)14-16-13(12(15)20)18-22-14/h11H,3-7H2,1-2H3,(H2,15,20)/t11-/m1/s1. The highest BCUT2D eigenvalue weighted by Crippen LogP contribution is 2.33. The molecule has 2 aromatic heterocycles. The van der Waals surface area contributed by atoms with Crippen molar-refractivity contribution >= 4 is 5.91 Å². The summed E-state index contributed by atoms with van der Waals surface area (Å²) in [6, 6.07) is -0.000365. The van der Waals surface area contributed by atoms with Crippen LogP contribution in [0.3, 0.4) is 0 Å². The van der Waals surface area contributed by atoms with E-state index in [2.05, 4.69) is 27.1 Å². The van der Waals surface area contributed by atoms with Gasteiger partial charge in [-0.1, -0.05) is 17.2 Å². The van der Waals surface area contributed by atoms with Crippen LogP contribution in [-0.2, 0) is 13.0 Å². The van der Waals surface area contributed by atoms with E-state index in [4.69, 9.17) is 14.8 Å². The molecule has 1 aliphatic rings. The molecule has 3 heterocycles. The minimum Gasteiger partial charge on any atom is -0.363 e. The van der Waals surface area contributed by atoms with Gasteiger partial charge in [0.2, 0.25) is 5.89 Å². The van der Waals surface area contributed by atoms with Crippen molar-refractivity contribution in [3.8, 4) is 0 Å². The molecule has 8 nitrogen and oxygen atoms in total. The van der Waals surface area contributed by atoms with Gasteiger partial charge in [0.25, 0.3) is 11.7 Å². The molecule has 1 fully saturated rings. The van der Waals surface area contributed by atoms with Crippen LogP contribution >= 0.6 is 0 Å². The summed E-state index contributed by atoms with van der Waals surface area (Å²) >= 11 is 0.